The molecule has 0 aliphatic carbocycles. The number of phenolic OH excluding ortho intramolecular Hbond substituents is 1. The summed E-state index contributed by atoms with van der Waals surface area (Å²) in [7, 11) is 0. The zero-order chi connectivity index (χ0) is 21.5. The number of aromatic nitrogens is 1. The number of rotatable bonds is 3. The van der Waals surface area contributed by atoms with Crippen molar-refractivity contribution in [1.82, 2.24) is 4.98 Å². The summed E-state index contributed by atoms with van der Waals surface area (Å²) in [6, 6.07) is 20.5. The van der Waals surface area contributed by atoms with E-state index in [4.69, 9.17) is 27.6 Å². The number of fused-ring (bicyclic) bond motifs is 2. The van der Waals surface area contributed by atoms with Crippen LogP contribution in [0.1, 0.15) is 5.56 Å². The number of halogens is 3. The summed E-state index contributed by atoms with van der Waals surface area (Å²) in [6.45, 7) is 0. The van der Waals surface area contributed by atoms with Crippen LogP contribution in [0.3, 0.4) is 0 Å². The van der Waals surface area contributed by atoms with Crippen molar-refractivity contribution in [3.63, 3.8) is 0 Å². The molecular formula is C24H13BrCl2N2O2. The average Bonchev–Trinajstić information content (AvgIpc) is 3.18. The van der Waals surface area contributed by atoms with E-state index in [9.17, 15) is 5.11 Å². The van der Waals surface area contributed by atoms with Crippen molar-refractivity contribution in [2.45, 2.75) is 0 Å². The van der Waals surface area contributed by atoms with Gasteiger partial charge in [0.25, 0.3) is 0 Å². The average molecular weight is 512 g/mol. The molecule has 0 saturated heterocycles. The second-order valence-electron chi connectivity index (χ2n) is 6.90. The van der Waals surface area contributed by atoms with Gasteiger partial charge < -0.3 is 9.52 Å². The van der Waals surface area contributed by atoms with Crippen molar-refractivity contribution in [3.8, 4) is 17.2 Å². The standard InChI is InChI=1S/C24H13BrCl2N2O2/c25-14-9-13(23(30)20(27)10-14)12-28-15-7-8-22-21(11-15)29-24(31-22)18-5-1-4-17-16(18)3-2-6-19(17)26/h1-12,30H. The van der Waals surface area contributed by atoms with E-state index in [1.165, 1.54) is 0 Å². The highest BCUT2D eigenvalue weighted by Crippen LogP contribution is 2.34. The fraction of sp³-hybridized carbons (Fsp3) is 0. The molecule has 0 aliphatic heterocycles. The second-order valence-corrected chi connectivity index (χ2v) is 8.63. The van der Waals surface area contributed by atoms with Crippen molar-refractivity contribution in [2.75, 3.05) is 0 Å². The molecule has 0 bridgehead atoms. The molecule has 5 aromatic rings. The summed E-state index contributed by atoms with van der Waals surface area (Å²) >= 11 is 15.7. The SMILES string of the molecule is Oc1c(Cl)cc(Br)cc1C=Nc1ccc2oc(-c3cccc4c(Cl)cccc34)nc2c1. The normalized spacial score (nSPS) is 11.7. The van der Waals surface area contributed by atoms with Crippen LogP contribution in [0, 0.1) is 0 Å². The lowest BCUT2D eigenvalue weighted by Gasteiger charge is -2.04. The summed E-state index contributed by atoms with van der Waals surface area (Å²) in [5, 5.41) is 13.0. The van der Waals surface area contributed by atoms with Gasteiger partial charge in [-0.05, 0) is 47.9 Å². The molecule has 0 radical (unpaired) electrons. The number of oxazole rings is 1. The maximum atomic E-state index is 10.1. The molecule has 31 heavy (non-hydrogen) atoms. The zero-order valence-electron chi connectivity index (χ0n) is 15.8. The Kier molecular flexibility index (Phi) is 5.18. The third-order valence-electron chi connectivity index (χ3n) is 4.88. The quantitative estimate of drug-likeness (QED) is 0.248. The van der Waals surface area contributed by atoms with Gasteiger partial charge in [-0.2, -0.15) is 0 Å². The number of nitrogens with zero attached hydrogens (tertiary/aromatic N) is 2. The molecule has 0 unspecified atom stereocenters. The molecule has 0 amide bonds. The molecule has 1 aromatic heterocycles. The minimum atomic E-state index is -0.0203. The molecule has 4 aromatic carbocycles. The Bertz CT molecular complexity index is 1490. The van der Waals surface area contributed by atoms with Crippen LogP contribution >= 0.6 is 39.1 Å². The van der Waals surface area contributed by atoms with Gasteiger partial charge in [-0.1, -0.05) is 63.4 Å². The number of hydrogen-bond donors (Lipinski definition) is 1. The van der Waals surface area contributed by atoms with Crippen molar-refractivity contribution >= 4 is 72.9 Å². The third-order valence-corrected chi connectivity index (χ3v) is 5.96. The molecule has 7 heteroatoms. The van der Waals surface area contributed by atoms with Crippen molar-refractivity contribution in [1.29, 1.82) is 0 Å². The smallest absolute Gasteiger partial charge is 0.227 e. The van der Waals surface area contributed by atoms with Crippen molar-refractivity contribution in [3.05, 3.63) is 86.8 Å². The lowest BCUT2D eigenvalue weighted by Crippen LogP contribution is -1.84. The van der Waals surface area contributed by atoms with Crippen LogP contribution < -0.4 is 0 Å². The number of aromatic hydroxyl groups is 1. The van der Waals surface area contributed by atoms with Gasteiger partial charge in [-0.25, -0.2) is 4.98 Å². The van der Waals surface area contributed by atoms with Crippen LogP contribution in [0.15, 0.2) is 80.6 Å². The van der Waals surface area contributed by atoms with Crippen molar-refractivity contribution < 1.29 is 9.52 Å². The van der Waals surface area contributed by atoms with Crippen LogP contribution in [0.25, 0.3) is 33.3 Å². The molecule has 0 aliphatic rings. The van der Waals surface area contributed by atoms with E-state index < -0.39 is 0 Å². The zero-order valence-corrected chi connectivity index (χ0v) is 18.9. The predicted molar refractivity (Wildman–Crippen MR) is 130 cm³/mol. The van der Waals surface area contributed by atoms with Gasteiger partial charge in [0.05, 0.1) is 10.7 Å². The topological polar surface area (TPSA) is 58.6 Å². The van der Waals surface area contributed by atoms with Gasteiger partial charge in [-0.3, -0.25) is 4.99 Å². The van der Waals surface area contributed by atoms with Gasteiger partial charge in [0.15, 0.2) is 5.58 Å². The number of benzene rings is 4. The van der Waals surface area contributed by atoms with Gasteiger partial charge in [0, 0.05) is 32.2 Å². The minimum absolute atomic E-state index is 0.0203. The first-order valence-electron chi connectivity index (χ1n) is 9.30. The second kappa shape index (κ2) is 8.00. The Balaban J connectivity index is 1.54. The number of hydrogen-bond acceptors (Lipinski definition) is 4. The highest BCUT2D eigenvalue weighted by molar-refractivity contribution is 9.10. The number of aliphatic imine (C=N–C) groups is 1. The lowest BCUT2D eigenvalue weighted by atomic mass is 10.0. The molecule has 4 nitrogen and oxygen atoms in total. The van der Waals surface area contributed by atoms with E-state index in [0.29, 0.717) is 33.3 Å². The van der Waals surface area contributed by atoms with Gasteiger partial charge in [0.1, 0.15) is 11.3 Å². The summed E-state index contributed by atoms with van der Waals surface area (Å²) in [5.74, 6) is 0.494. The van der Waals surface area contributed by atoms with Crippen LogP contribution in [0.4, 0.5) is 5.69 Å². The van der Waals surface area contributed by atoms with E-state index in [-0.39, 0.29) is 10.8 Å². The summed E-state index contributed by atoms with van der Waals surface area (Å²) in [5.41, 5.74) is 3.38. The van der Waals surface area contributed by atoms with Gasteiger partial charge >= 0.3 is 0 Å². The molecule has 0 spiro atoms. The van der Waals surface area contributed by atoms with Crippen LogP contribution in [0.5, 0.6) is 5.75 Å². The monoisotopic (exact) mass is 510 g/mol. The van der Waals surface area contributed by atoms with E-state index in [2.05, 4.69) is 25.9 Å². The van der Waals surface area contributed by atoms with E-state index in [1.54, 1.807) is 18.3 Å². The van der Waals surface area contributed by atoms with E-state index in [1.807, 2.05) is 54.6 Å². The Morgan fingerprint density at radius 1 is 0.935 bits per heavy atom. The molecule has 5 rings (SSSR count). The predicted octanol–water partition coefficient (Wildman–Crippen LogP) is 8.17. The van der Waals surface area contributed by atoms with Gasteiger partial charge in [0.2, 0.25) is 5.89 Å². The lowest BCUT2D eigenvalue weighted by molar-refractivity contribution is 0.474. The van der Waals surface area contributed by atoms with E-state index >= 15 is 0 Å². The molecule has 1 N–H and O–H groups in total. The highest BCUT2D eigenvalue weighted by atomic mass is 79.9. The maximum Gasteiger partial charge on any atom is 0.227 e. The van der Waals surface area contributed by atoms with Crippen LogP contribution in [0.2, 0.25) is 10.0 Å². The first-order chi connectivity index (χ1) is 15.0. The summed E-state index contributed by atoms with van der Waals surface area (Å²) in [6.07, 6.45) is 1.56. The van der Waals surface area contributed by atoms with Crippen LogP contribution in [-0.2, 0) is 0 Å². The highest BCUT2D eigenvalue weighted by Gasteiger charge is 2.13. The fourth-order valence-electron chi connectivity index (χ4n) is 3.40. The molecule has 0 fully saturated rings. The molecule has 0 atom stereocenters. The Morgan fingerprint density at radius 2 is 1.74 bits per heavy atom. The van der Waals surface area contributed by atoms with Crippen LogP contribution in [-0.4, -0.2) is 16.3 Å². The molecule has 152 valence electrons. The fourth-order valence-corrected chi connectivity index (χ4v) is 4.47. The van der Waals surface area contributed by atoms with Gasteiger partial charge in [-0.15, -0.1) is 0 Å². The van der Waals surface area contributed by atoms with E-state index in [0.717, 1.165) is 20.8 Å². The summed E-state index contributed by atoms with van der Waals surface area (Å²) < 4.78 is 6.75. The summed E-state index contributed by atoms with van der Waals surface area (Å²) in [4.78, 5) is 9.11. The first-order valence-corrected chi connectivity index (χ1v) is 10.8. The maximum absolute atomic E-state index is 10.1. The van der Waals surface area contributed by atoms with Crippen molar-refractivity contribution in [2.24, 2.45) is 4.99 Å². The minimum Gasteiger partial charge on any atom is -0.506 e. The Labute approximate surface area is 195 Å². The first kappa shape index (κ1) is 20.1. The molecular weight excluding hydrogens is 499 g/mol. The Morgan fingerprint density at radius 3 is 2.61 bits per heavy atom. The Hall–Kier alpha value is -2.86. The largest absolute Gasteiger partial charge is 0.506 e. The molecule has 0 saturated carbocycles. The molecule has 1 heterocycles. The number of phenols is 1. The third kappa shape index (κ3) is 3.81.